The van der Waals surface area contributed by atoms with Crippen molar-refractivity contribution in [2.24, 2.45) is 11.8 Å². The number of hydrogen-bond acceptors (Lipinski definition) is 3. The molecular weight excluding hydrogens is 150 g/mol. The third kappa shape index (κ3) is 1.12. The molecule has 2 aliphatic rings. The van der Waals surface area contributed by atoms with Crippen LogP contribution in [0.2, 0.25) is 0 Å². The lowest BCUT2D eigenvalue weighted by molar-refractivity contribution is 0.267. The van der Waals surface area contributed by atoms with Crippen molar-refractivity contribution in [3.05, 3.63) is 0 Å². The Hall–Kier alpha value is -0.590. The summed E-state index contributed by atoms with van der Waals surface area (Å²) in [5.74, 6) is 1.59. The van der Waals surface area contributed by atoms with Crippen LogP contribution in [0.4, 0.5) is 0 Å². The van der Waals surface area contributed by atoms with E-state index in [1.165, 1.54) is 0 Å². The fourth-order valence-electron chi connectivity index (χ4n) is 2.56. The van der Waals surface area contributed by atoms with E-state index in [1.54, 1.807) is 0 Å². The van der Waals surface area contributed by atoms with E-state index in [1.807, 2.05) is 0 Å². The first-order valence-corrected chi connectivity index (χ1v) is 4.64. The largest absolute Gasteiger partial charge is 0.316 e. The minimum atomic E-state index is 0.602. The minimum Gasteiger partial charge on any atom is -0.316 e. The molecule has 2 saturated heterocycles. The molecule has 3 nitrogen and oxygen atoms in total. The normalized spacial score (nSPS) is 41.2. The van der Waals surface area contributed by atoms with Gasteiger partial charge in [-0.3, -0.25) is 4.90 Å². The van der Waals surface area contributed by atoms with Gasteiger partial charge in [0.2, 0.25) is 0 Å². The van der Waals surface area contributed by atoms with Crippen molar-refractivity contribution >= 4 is 0 Å². The van der Waals surface area contributed by atoms with Gasteiger partial charge < -0.3 is 5.32 Å². The lowest BCUT2D eigenvalue weighted by Gasteiger charge is -2.20. The highest BCUT2D eigenvalue weighted by Crippen LogP contribution is 2.31. The van der Waals surface area contributed by atoms with Crippen LogP contribution >= 0.6 is 0 Å². The molecule has 0 aromatic heterocycles. The third-order valence-corrected chi connectivity index (χ3v) is 3.33. The molecule has 2 rings (SSSR count). The molecule has 2 aliphatic heterocycles. The van der Waals surface area contributed by atoms with Crippen LogP contribution in [0.3, 0.4) is 0 Å². The molecular formula is C9H15N3. The second kappa shape index (κ2) is 3.04. The first-order chi connectivity index (χ1) is 5.83. The molecule has 12 heavy (non-hydrogen) atoms. The number of nitrogens with one attached hydrogen (secondary N) is 1. The van der Waals surface area contributed by atoms with Gasteiger partial charge in [-0.05, 0) is 31.8 Å². The van der Waals surface area contributed by atoms with Crippen LogP contribution < -0.4 is 5.32 Å². The van der Waals surface area contributed by atoms with Gasteiger partial charge in [0.15, 0.2) is 0 Å². The first-order valence-electron chi connectivity index (χ1n) is 4.64. The van der Waals surface area contributed by atoms with Crippen LogP contribution in [-0.2, 0) is 0 Å². The van der Waals surface area contributed by atoms with Crippen molar-refractivity contribution in [1.29, 1.82) is 5.26 Å². The van der Waals surface area contributed by atoms with Gasteiger partial charge in [0, 0.05) is 12.6 Å². The molecule has 0 aliphatic carbocycles. The molecule has 3 heteroatoms. The monoisotopic (exact) mass is 165 g/mol. The fourth-order valence-corrected chi connectivity index (χ4v) is 2.56. The minimum absolute atomic E-state index is 0.602. The zero-order chi connectivity index (χ0) is 8.55. The second-order valence-electron chi connectivity index (χ2n) is 3.91. The summed E-state index contributed by atoms with van der Waals surface area (Å²) in [6.07, 6.45) is 0. The number of nitrogens with zero attached hydrogens (tertiary/aromatic N) is 2. The predicted molar refractivity (Wildman–Crippen MR) is 46.5 cm³/mol. The number of rotatable bonds is 1. The lowest BCUT2D eigenvalue weighted by Crippen LogP contribution is -2.33. The van der Waals surface area contributed by atoms with Crippen LogP contribution in [0, 0.1) is 23.2 Å². The molecule has 0 aromatic rings. The van der Waals surface area contributed by atoms with E-state index in [9.17, 15) is 0 Å². The number of fused-ring (bicyclic) bond motifs is 1. The zero-order valence-corrected chi connectivity index (χ0v) is 7.45. The maximum absolute atomic E-state index is 8.60. The van der Waals surface area contributed by atoms with Gasteiger partial charge in [-0.25, -0.2) is 0 Å². The van der Waals surface area contributed by atoms with Crippen molar-refractivity contribution < 1.29 is 0 Å². The Kier molecular flexibility index (Phi) is 2.03. The number of likely N-dealkylation sites (tertiary alicyclic amines) is 1. The summed E-state index contributed by atoms with van der Waals surface area (Å²) in [6.45, 7) is 6.26. The molecule has 1 N–H and O–H groups in total. The van der Waals surface area contributed by atoms with Crippen LogP contribution in [0.5, 0.6) is 0 Å². The average molecular weight is 165 g/mol. The molecule has 0 spiro atoms. The standard InChI is InChI=1S/C9H15N3/c1-7-9-5-11-4-8(9)6-12(7)3-2-10/h7-9,11H,3-6H2,1H3. The van der Waals surface area contributed by atoms with Crippen LogP contribution in [0.1, 0.15) is 6.92 Å². The highest BCUT2D eigenvalue weighted by Gasteiger charge is 2.41. The predicted octanol–water partition coefficient (Wildman–Crippen LogP) is 0.0497. The van der Waals surface area contributed by atoms with Crippen molar-refractivity contribution in [3.8, 4) is 6.07 Å². The van der Waals surface area contributed by atoms with E-state index in [-0.39, 0.29) is 0 Å². The lowest BCUT2D eigenvalue weighted by atomic mass is 9.95. The Balaban J connectivity index is 2.01. The maximum Gasteiger partial charge on any atom is 0.0868 e. The topological polar surface area (TPSA) is 39.1 Å². The van der Waals surface area contributed by atoms with Gasteiger partial charge in [-0.1, -0.05) is 0 Å². The number of nitriles is 1. The highest BCUT2D eigenvalue weighted by atomic mass is 15.2. The van der Waals surface area contributed by atoms with Gasteiger partial charge in [0.25, 0.3) is 0 Å². The highest BCUT2D eigenvalue weighted by molar-refractivity contribution is 4.98. The summed E-state index contributed by atoms with van der Waals surface area (Å²) >= 11 is 0. The van der Waals surface area contributed by atoms with E-state index in [0.717, 1.165) is 31.5 Å². The van der Waals surface area contributed by atoms with Crippen molar-refractivity contribution in [2.75, 3.05) is 26.2 Å². The zero-order valence-electron chi connectivity index (χ0n) is 7.45. The average Bonchev–Trinajstić information content (AvgIpc) is 2.58. The molecule has 0 radical (unpaired) electrons. The summed E-state index contributed by atoms with van der Waals surface area (Å²) in [5, 5.41) is 12.0. The van der Waals surface area contributed by atoms with Crippen LogP contribution in [0.25, 0.3) is 0 Å². The van der Waals surface area contributed by atoms with Gasteiger partial charge in [-0.15, -0.1) is 0 Å². The van der Waals surface area contributed by atoms with E-state index in [2.05, 4.69) is 23.2 Å². The molecule has 3 atom stereocenters. The molecule has 66 valence electrons. The molecule has 0 amide bonds. The Labute approximate surface area is 73.3 Å². The van der Waals surface area contributed by atoms with Crippen molar-refractivity contribution in [2.45, 2.75) is 13.0 Å². The van der Waals surface area contributed by atoms with Gasteiger partial charge in [0.05, 0.1) is 12.6 Å². The van der Waals surface area contributed by atoms with Gasteiger partial charge >= 0.3 is 0 Å². The van der Waals surface area contributed by atoms with E-state index in [0.29, 0.717) is 12.6 Å². The third-order valence-electron chi connectivity index (χ3n) is 3.33. The first kappa shape index (κ1) is 8.03. The Morgan fingerprint density at radius 3 is 3.08 bits per heavy atom. The quantitative estimate of drug-likeness (QED) is 0.558. The van der Waals surface area contributed by atoms with Crippen molar-refractivity contribution in [3.63, 3.8) is 0 Å². The maximum atomic E-state index is 8.60. The molecule has 3 unspecified atom stereocenters. The second-order valence-corrected chi connectivity index (χ2v) is 3.91. The Morgan fingerprint density at radius 2 is 2.42 bits per heavy atom. The molecule has 0 saturated carbocycles. The Bertz CT molecular complexity index is 208. The SMILES string of the molecule is CC1C2CNCC2CN1CC#N. The van der Waals surface area contributed by atoms with Crippen LogP contribution in [0.15, 0.2) is 0 Å². The molecule has 2 heterocycles. The number of hydrogen-bond donors (Lipinski definition) is 1. The summed E-state index contributed by atoms with van der Waals surface area (Å²) in [5.41, 5.74) is 0. The van der Waals surface area contributed by atoms with E-state index >= 15 is 0 Å². The summed E-state index contributed by atoms with van der Waals surface area (Å²) in [7, 11) is 0. The molecule has 2 fully saturated rings. The fraction of sp³-hybridized carbons (Fsp3) is 0.889. The molecule has 0 bridgehead atoms. The van der Waals surface area contributed by atoms with Crippen molar-refractivity contribution in [1.82, 2.24) is 10.2 Å². The Morgan fingerprint density at radius 1 is 1.58 bits per heavy atom. The van der Waals surface area contributed by atoms with E-state index < -0.39 is 0 Å². The summed E-state index contributed by atoms with van der Waals surface area (Å²) in [6, 6.07) is 2.84. The smallest absolute Gasteiger partial charge is 0.0868 e. The summed E-state index contributed by atoms with van der Waals surface area (Å²) < 4.78 is 0. The van der Waals surface area contributed by atoms with Gasteiger partial charge in [0.1, 0.15) is 0 Å². The summed E-state index contributed by atoms with van der Waals surface area (Å²) in [4.78, 5) is 2.30. The van der Waals surface area contributed by atoms with Crippen LogP contribution in [-0.4, -0.2) is 37.1 Å². The molecule has 0 aromatic carbocycles. The van der Waals surface area contributed by atoms with Gasteiger partial charge in [-0.2, -0.15) is 5.26 Å². The van der Waals surface area contributed by atoms with E-state index in [4.69, 9.17) is 5.26 Å².